The number of carbonyl (C=O) groups excluding carboxylic acids is 1. The Bertz CT molecular complexity index is 1500. The maximum atomic E-state index is 12.2. The van der Waals surface area contributed by atoms with E-state index in [1.54, 1.807) is 0 Å². The fraction of sp³-hybridized carbons (Fsp3) is 0.367. The number of nitrogens with zero attached hydrogens (tertiary/aromatic N) is 4. The Kier molecular flexibility index (Phi) is 7.60. The molecule has 198 valence electrons. The van der Waals surface area contributed by atoms with Crippen molar-refractivity contribution >= 4 is 33.5 Å². The van der Waals surface area contributed by atoms with Crippen LogP contribution in [0.3, 0.4) is 0 Å². The molecule has 38 heavy (non-hydrogen) atoms. The van der Waals surface area contributed by atoms with Crippen LogP contribution in [-0.4, -0.2) is 64.2 Å². The molecule has 0 spiro atoms. The van der Waals surface area contributed by atoms with Crippen LogP contribution >= 0.6 is 0 Å². The minimum atomic E-state index is 0.0460. The van der Waals surface area contributed by atoms with Crippen molar-refractivity contribution in [2.45, 2.75) is 40.0 Å². The number of hydrogen-bond donors (Lipinski definition) is 3. The fourth-order valence-corrected chi connectivity index (χ4v) is 4.94. The molecule has 0 radical (unpaired) electrons. The van der Waals surface area contributed by atoms with E-state index in [1.165, 1.54) is 5.69 Å². The molecule has 2 aromatic heterocycles. The standard InChI is InChI=1S/C30H37N7O/c1-5-7-27(38)31-22(18-20(2)3)12-10-21-11-13-24-23(19-21)28(35-34-24)30-32-25-8-6-9-26(29(25)33-30)37-16-14-36(4)15-17-37/h6,8-9,11-13,18-19H,5,7,10,14-17H2,1-4H3,(H,31,38)(H,32,33)(H,34,35)/b22-12+. The lowest BCUT2D eigenvalue weighted by Crippen LogP contribution is -2.44. The quantitative estimate of drug-likeness (QED) is 0.284. The number of anilines is 1. The zero-order chi connectivity index (χ0) is 26.6. The number of nitrogens with one attached hydrogen (secondary N) is 3. The van der Waals surface area contributed by atoms with E-state index in [2.05, 4.69) is 79.8 Å². The van der Waals surface area contributed by atoms with Gasteiger partial charge in [0.15, 0.2) is 5.82 Å². The van der Waals surface area contributed by atoms with E-state index in [0.29, 0.717) is 12.8 Å². The lowest BCUT2D eigenvalue weighted by atomic mass is 10.1. The second kappa shape index (κ2) is 11.2. The second-order valence-electron chi connectivity index (χ2n) is 10.4. The summed E-state index contributed by atoms with van der Waals surface area (Å²) < 4.78 is 0. The van der Waals surface area contributed by atoms with Gasteiger partial charge in [-0.3, -0.25) is 9.89 Å². The van der Waals surface area contributed by atoms with Gasteiger partial charge in [0, 0.05) is 43.7 Å². The first-order valence-electron chi connectivity index (χ1n) is 13.5. The van der Waals surface area contributed by atoms with Crippen LogP contribution in [0.4, 0.5) is 5.69 Å². The Balaban J connectivity index is 1.44. The Morgan fingerprint density at radius 1 is 1.11 bits per heavy atom. The van der Waals surface area contributed by atoms with Gasteiger partial charge in [0.1, 0.15) is 11.2 Å². The highest BCUT2D eigenvalue weighted by molar-refractivity contribution is 5.96. The van der Waals surface area contributed by atoms with Gasteiger partial charge < -0.3 is 20.1 Å². The molecule has 0 saturated carbocycles. The Hall–Kier alpha value is -3.91. The van der Waals surface area contributed by atoms with Crippen molar-refractivity contribution in [1.82, 2.24) is 30.4 Å². The number of benzene rings is 2. The average molecular weight is 512 g/mol. The summed E-state index contributed by atoms with van der Waals surface area (Å²) in [6.45, 7) is 10.2. The number of piperazine rings is 1. The predicted molar refractivity (Wildman–Crippen MR) is 155 cm³/mol. The van der Waals surface area contributed by atoms with Gasteiger partial charge in [-0.25, -0.2) is 4.98 Å². The summed E-state index contributed by atoms with van der Waals surface area (Å²) in [6, 6.07) is 12.6. The highest BCUT2D eigenvalue weighted by atomic mass is 16.1. The summed E-state index contributed by atoms with van der Waals surface area (Å²) in [4.78, 5) is 25.5. The molecule has 8 nitrogen and oxygen atoms in total. The summed E-state index contributed by atoms with van der Waals surface area (Å²) >= 11 is 0. The summed E-state index contributed by atoms with van der Waals surface area (Å²) in [7, 11) is 2.17. The van der Waals surface area contributed by atoms with Crippen LogP contribution in [0.1, 0.15) is 39.2 Å². The number of H-pyrrole nitrogens is 2. The van der Waals surface area contributed by atoms with Crippen LogP contribution in [0.2, 0.25) is 0 Å². The maximum Gasteiger partial charge on any atom is 0.224 e. The van der Waals surface area contributed by atoms with Crippen molar-refractivity contribution in [3.05, 3.63) is 65.4 Å². The van der Waals surface area contributed by atoms with Gasteiger partial charge in [0.05, 0.1) is 16.7 Å². The molecule has 0 aliphatic carbocycles. The zero-order valence-corrected chi connectivity index (χ0v) is 22.8. The lowest BCUT2D eigenvalue weighted by Gasteiger charge is -2.34. The first-order valence-corrected chi connectivity index (χ1v) is 13.5. The second-order valence-corrected chi connectivity index (χ2v) is 10.4. The molecule has 0 bridgehead atoms. The first kappa shape index (κ1) is 25.7. The van der Waals surface area contributed by atoms with E-state index in [-0.39, 0.29) is 5.91 Å². The van der Waals surface area contributed by atoms with Crippen molar-refractivity contribution < 1.29 is 4.79 Å². The van der Waals surface area contributed by atoms with Crippen molar-refractivity contribution in [1.29, 1.82) is 0 Å². The normalized spacial score (nSPS) is 14.8. The van der Waals surface area contributed by atoms with Crippen molar-refractivity contribution in [2.75, 3.05) is 38.1 Å². The van der Waals surface area contributed by atoms with Crippen LogP contribution < -0.4 is 10.2 Å². The third kappa shape index (κ3) is 5.65. The van der Waals surface area contributed by atoms with Crippen LogP contribution in [-0.2, 0) is 11.2 Å². The van der Waals surface area contributed by atoms with Gasteiger partial charge in [-0.2, -0.15) is 5.10 Å². The number of fused-ring (bicyclic) bond motifs is 2. The first-order chi connectivity index (χ1) is 18.4. The molecule has 1 aliphatic heterocycles. The number of hydrogen-bond acceptors (Lipinski definition) is 5. The number of aromatic nitrogens is 4. The number of likely N-dealkylation sites (N-methyl/N-ethyl adjacent to an activating group) is 1. The number of imidazole rings is 1. The molecule has 1 aliphatic rings. The van der Waals surface area contributed by atoms with E-state index in [4.69, 9.17) is 4.98 Å². The number of rotatable bonds is 8. The predicted octanol–water partition coefficient (Wildman–Crippen LogP) is 5.17. The molecule has 0 unspecified atom stereocenters. The van der Waals surface area contributed by atoms with E-state index >= 15 is 0 Å². The third-order valence-electron chi connectivity index (χ3n) is 6.95. The minimum absolute atomic E-state index is 0.0460. The molecular weight excluding hydrogens is 474 g/mol. The minimum Gasteiger partial charge on any atom is -0.367 e. The van der Waals surface area contributed by atoms with Crippen LogP contribution in [0.25, 0.3) is 33.5 Å². The van der Waals surface area contributed by atoms with Gasteiger partial charge in [-0.15, -0.1) is 0 Å². The summed E-state index contributed by atoms with van der Waals surface area (Å²) in [5.74, 6) is 0.808. The molecule has 3 N–H and O–H groups in total. The van der Waals surface area contributed by atoms with Crippen LogP contribution in [0.5, 0.6) is 0 Å². The topological polar surface area (TPSA) is 92.9 Å². The molecule has 4 aromatic rings. The third-order valence-corrected chi connectivity index (χ3v) is 6.95. The molecule has 5 rings (SSSR count). The van der Waals surface area contributed by atoms with Gasteiger partial charge >= 0.3 is 0 Å². The highest BCUT2D eigenvalue weighted by Gasteiger charge is 2.20. The summed E-state index contributed by atoms with van der Waals surface area (Å²) in [5.41, 5.74) is 8.06. The number of amides is 1. The molecule has 2 aromatic carbocycles. The average Bonchev–Trinajstić information content (AvgIpc) is 3.51. The molecule has 0 atom stereocenters. The van der Waals surface area contributed by atoms with Gasteiger partial charge in [0.25, 0.3) is 0 Å². The molecule has 1 saturated heterocycles. The van der Waals surface area contributed by atoms with Crippen molar-refractivity contribution in [3.63, 3.8) is 0 Å². The summed E-state index contributed by atoms with van der Waals surface area (Å²) in [5, 5.41) is 11.9. The van der Waals surface area contributed by atoms with Gasteiger partial charge in [0.2, 0.25) is 5.91 Å². The number of aromatic amines is 2. The number of para-hydroxylation sites is 1. The molecular formula is C30H37N7O. The van der Waals surface area contributed by atoms with Gasteiger partial charge in [-0.05, 0) is 69.6 Å². The Morgan fingerprint density at radius 2 is 1.92 bits per heavy atom. The van der Waals surface area contributed by atoms with E-state index < -0.39 is 0 Å². The monoisotopic (exact) mass is 511 g/mol. The van der Waals surface area contributed by atoms with E-state index in [1.807, 2.05) is 26.8 Å². The number of carbonyl (C=O) groups is 1. The smallest absolute Gasteiger partial charge is 0.224 e. The zero-order valence-electron chi connectivity index (χ0n) is 22.8. The maximum absolute atomic E-state index is 12.2. The SMILES string of the molecule is CCCC(=O)N/C(C=C(C)C)=C/Cc1ccc2[nH]nc(-c3nc4c(N5CCN(C)CC5)cccc4[nH]3)c2c1. The summed E-state index contributed by atoms with van der Waals surface area (Å²) in [6.07, 6.45) is 6.13. The lowest BCUT2D eigenvalue weighted by molar-refractivity contribution is -0.120. The van der Waals surface area contributed by atoms with Crippen LogP contribution in [0, 0.1) is 0 Å². The highest BCUT2D eigenvalue weighted by Crippen LogP contribution is 2.31. The largest absolute Gasteiger partial charge is 0.367 e. The van der Waals surface area contributed by atoms with E-state index in [0.717, 1.165) is 82.9 Å². The van der Waals surface area contributed by atoms with Crippen molar-refractivity contribution in [3.8, 4) is 11.5 Å². The molecule has 1 fully saturated rings. The number of allylic oxidation sites excluding steroid dienone is 3. The van der Waals surface area contributed by atoms with E-state index in [9.17, 15) is 4.79 Å². The fourth-order valence-electron chi connectivity index (χ4n) is 4.94. The van der Waals surface area contributed by atoms with Crippen LogP contribution in [0.15, 0.2) is 59.8 Å². The molecule has 8 heteroatoms. The molecule has 1 amide bonds. The Labute approximate surface area is 223 Å². The Morgan fingerprint density at radius 3 is 2.68 bits per heavy atom. The van der Waals surface area contributed by atoms with Gasteiger partial charge in [-0.1, -0.05) is 30.7 Å². The molecule has 3 heterocycles. The van der Waals surface area contributed by atoms with Crippen molar-refractivity contribution in [2.24, 2.45) is 0 Å².